The van der Waals surface area contributed by atoms with Gasteiger partial charge in [0.25, 0.3) is 5.91 Å². The molecule has 1 aliphatic heterocycles. The predicted molar refractivity (Wildman–Crippen MR) is 137 cm³/mol. The van der Waals surface area contributed by atoms with E-state index in [9.17, 15) is 9.59 Å². The van der Waals surface area contributed by atoms with E-state index in [0.717, 1.165) is 44.8 Å². The van der Waals surface area contributed by atoms with Crippen LogP contribution in [0.25, 0.3) is 0 Å². The standard InChI is InChI=1S/C26H33Cl2N3O3/c1-18(32)34-21-8-6-20(7-9-21)25(33)29-24(26(2,3)4)17-31-13-11-30(12-14-31)16-19-5-10-22(27)23(28)15-19/h5-10,15,24H,11-14,16-17H2,1-4H3,(H,29,33). The van der Waals surface area contributed by atoms with Gasteiger partial charge in [-0.2, -0.15) is 0 Å². The minimum atomic E-state index is -0.387. The lowest BCUT2D eigenvalue weighted by molar-refractivity contribution is -0.131. The molecule has 2 aromatic rings. The normalized spacial score (nSPS) is 16.2. The Morgan fingerprint density at radius 3 is 2.15 bits per heavy atom. The summed E-state index contributed by atoms with van der Waals surface area (Å²) in [7, 11) is 0. The maximum atomic E-state index is 12.9. The highest BCUT2D eigenvalue weighted by Gasteiger charge is 2.30. The molecule has 6 nitrogen and oxygen atoms in total. The van der Waals surface area contributed by atoms with Crippen LogP contribution >= 0.6 is 23.2 Å². The number of carbonyl (C=O) groups excluding carboxylic acids is 2. The van der Waals surface area contributed by atoms with E-state index in [1.54, 1.807) is 24.3 Å². The Hall–Kier alpha value is -2.12. The summed E-state index contributed by atoms with van der Waals surface area (Å²) in [6.07, 6.45) is 0. The predicted octanol–water partition coefficient (Wildman–Crippen LogP) is 4.88. The van der Waals surface area contributed by atoms with Crippen LogP contribution in [0.5, 0.6) is 5.75 Å². The van der Waals surface area contributed by atoms with Crippen LogP contribution in [0.1, 0.15) is 43.6 Å². The Labute approximate surface area is 212 Å². The summed E-state index contributed by atoms with van der Waals surface area (Å²) in [5.74, 6) is -0.0928. The molecule has 0 radical (unpaired) electrons. The molecule has 1 saturated heterocycles. The fourth-order valence-corrected chi connectivity index (χ4v) is 4.22. The van der Waals surface area contributed by atoms with Gasteiger partial charge in [-0.05, 0) is 47.4 Å². The number of rotatable bonds is 7. The van der Waals surface area contributed by atoms with Gasteiger partial charge in [-0.1, -0.05) is 50.0 Å². The average molecular weight is 506 g/mol. The number of piperazine rings is 1. The first-order valence-electron chi connectivity index (χ1n) is 11.5. The van der Waals surface area contributed by atoms with Crippen LogP contribution in [0, 0.1) is 5.41 Å². The van der Waals surface area contributed by atoms with Crippen molar-refractivity contribution in [2.75, 3.05) is 32.7 Å². The fourth-order valence-electron chi connectivity index (χ4n) is 3.90. The highest BCUT2D eigenvalue weighted by molar-refractivity contribution is 6.42. The Kier molecular flexibility index (Phi) is 8.99. The van der Waals surface area contributed by atoms with Crippen molar-refractivity contribution in [2.24, 2.45) is 5.41 Å². The highest BCUT2D eigenvalue weighted by Crippen LogP contribution is 2.24. The van der Waals surface area contributed by atoms with Crippen LogP contribution in [0.15, 0.2) is 42.5 Å². The lowest BCUT2D eigenvalue weighted by atomic mass is 9.86. The number of ether oxygens (including phenoxy) is 1. The number of hydrogen-bond donors (Lipinski definition) is 1. The number of nitrogens with zero attached hydrogens (tertiary/aromatic N) is 2. The lowest BCUT2D eigenvalue weighted by Gasteiger charge is -2.40. The molecular weight excluding hydrogens is 473 g/mol. The Morgan fingerprint density at radius 1 is 0.971 bits per heavy atom. The first-order valence-corrected chi connectivity index (χ1v) is 12.2. The van der Waals surface area contributed by atoms with E-state index in [1.165, 1.54) is 6.92 Å². The van der Waals surface area contributed by atoms with Gasteiger partial charge >= 0.3 is 5.97 Å². The summed E-state index contributed by atoms with van der Waals surface area (Å²) < 4.78 is 5.05. The van der Waals surface area contributed by atoms with Crippen molar-refractivity contribution in [2.45, 2.75) is 40.3 Å². The molecule has 0 bridgehead atoms. The van der Waals surface area contributed by atoms with Gasteiger partial charge in [0.1, 0.15) is 5.75 Å². The quantitative estimate of drug-likeness (QED) is 0.429. The summed E-state index contributed by atoms with van der Waals surface area (Å²) in [5.41, 5.74) is 1.59. The summed E-state index contributed by atoms with van der Waals surface area (Å²) in [5, 5.41) is 4.37. The second kappa shape index (κ2) is 11.5. The smallest absolute Gasteiger partial charge is 0.308 e. The van der Waals surface area contributed by atoms with Crippen molar-refractivity contribution in [3.63, 3.8) is 0 Å². The van der Waals surface area contributed by atoms with Gasteiger partial charge in [0.05, 0.1) is 10.0 Å². The number of carbonyl (C=O) groups is 2. The zero-order valence-electron chi connectivity index (χ0n) is 20.2. The van der Waals surface area contributed by atoms with E-state index in [1.807, 2.05) is 18.2 Å². The molecule has 1 fully saturated rings. The molecule has 0 saturated carbocycles. The van der Waals surface area contributed by atoms with Crippen molar-refractivity contribution in [3.8, 4) is 5.75 Å². The van der Waals surface area contributed by atoms with E-state index in [4.69, 9.17) is 27.9 Å². The van der Waals surface area contributed by atoms with Gasteiger partial charge in [-0.25, -0.2) is 0 Å². The van der Waals surface area contributed by atoms with Crippen molar-refractivity contribution < 1.29 is 14.3 Å². The van der Waals surface area contributed by atoms with Gasteiger partial charge in [0.2, 0.25) is 0 Å². The van der Waals surface area contributed by atoms with Gasteiger partial charge in [-0.3, -0.25) is 19.4 Å². The van der Waals surface area contributed by atoms with E-state index >= 15 is 0 Å². The molecule has 34 heavy (non-hydrogen) atoms. The zero-order chi connectivity index (χ0) is 24.9. The Bertz CT molecular complexity index is 997. The van der Waals surface area contributed by atoms with E-state index < -0.39 is 0 Å². The largest absolute Gasteiger partial charge is 0.427 e. The molecule has 1 aliphatic rings. The second-order valence-electron chi connectivity index (χ2n) is 9.84. The molecule has 0 spiro atoms. The van der Waals surface area contributed by atoms with Crippen molar-refractivity contribution >= 4 is 35.1 Å². The monoisotopic (exact) mass is 505 g/mol. The van der Waals surface area contributed by atoms with E-state index in [2.05, 4.69) is 35.9 Å². The fraction of sp³-hybridized carbons (Fsp3) is 0.462. The SMILES string of the molecule is CC(=O)Oc1ccc(C(=O)NC(CN2CCN(Cc3ccc(Cl)c(Cl)c3)CC2)C(C)(C)C)cc1. The Balaban J connectivity index is 1.54. The number of halogens is 2. The number of amides is 1. The molecule has 1 heterocycles. The van der Waals surface area contributed by atoms with Crippen LogP contribution < -0.4 is 10.1 Å². The molecule has 0 aromatic heterocycles. The molecule has 1 unspecified atom stereocenters. The molecule has 1 atom stereocenters. The first kappa shape index (κ1) is 26.5. The molecule has 1 N–H and O–H groups in total. The molecule has 1 amide bonds. The van der Waals surface area contributed by atoms with Crippen LogP contribution in [0.2, 0.25) is 10.0 Å². The van der Waals surface area contributed by atoms with Crippen molar-refractivity contribution in [1.29, 1.82) is 0 Å². The van der Waals surface area contributed by atoms with Crippen LogP contribution in [-0.4, -0.2) is 60.4 Å². The molecule has 184 valence electrons. The zero-order valence-corrected chi connectivity index (χ0v) is 21.7. The highest BCUT2D eigenvalue weighted by atomic mass is 35.5. The van der Waals surface area contributed by atoms with Crippen molar-refractivity contribution in [3.05, 3.63) is 63.6 Å². The molecule has 0 aliphatic carbocycles. The summed E-state index contributed by atoms with van der Waals surface area (Å²) >= 11 is 12.2. The molecule has 3 rings (SSSR count). The third-order valence-corrected chi connectivity index (χ3v) is 6.76. The minimum absolute atomic E-state index is 0.0187. The van der Waals surface area contributed by atoms with E-state index in [-0.39, 0.29) is 23.3 Å². The maximum Gasteiger partial charge on any atom is 0.308 e. The van der Waals surface area contributed by atoms with Crippen LogP contribution in [0.4, 0.5) is 0 Å². The summed E-state index contributed by atoms with van der Waals surface area (Å²) in [4.78, 5) is 28.8. The number of nitrogens with one attached hydrogen (secondary N) is 1. The molecular formula is C26H33Cl2N3O3. The molecule has 8 heteroatoms. The number of benzene rings is 2. The van der Waals surface area contributed by atoms with Crippen LogP contribution in [-0.2, 0) is 11.3 Å². The van der Waals surface area contributed by atoms with Crippen LogP contribution in [0.3, 0.4) is 0 Å². The molecule has 2 aromatic carbocycles. The lowest BCUT2D eigenvalue weighted by Crippen LogP contribution is -2.54. The van der Waals surface area contributed by atoms with Crippen molar-refractivity contribution in [1.82, 2.24) is 15.1 Å². The number of esters is 1. The Morgan fingerprint density at radius 2 is 1.59 bits per heavy atom. The second-order valence-corrected chi connectivity index (χ2v) is 10.6. The van der Waals surface area contributed by atoms with E-state index in [0.29, 0.717) is 21.4 Å². The third kappa shape index (κ3) is 7.70. The topological polar surface area (TPSA) is 61.9 Å². The first-order chi connectivity index (χ1) is 16.0. The summed E-state index contributed by atoms with van der Waals surface area (Å²) in [6, 6.07) is 12.4. The maximum absolute atomic E-state index is 12.9. The van der Waals surface area contributed by atoms with Gasteiger partial charge in [-0.15, -0.1) is 0 Å². The number of hydrogen-bond acceptors (Lipinski definition) is 5. The van der Waals surface area contributed by atoms with Gasteiger partial charge < -0.3 is 10.1 Å². The van der Waals surface area contributed by atoms with Gasteiger partial charge in [0.15, 0.2) is 0 Å². The third-order valence-electron chi connectivity index (χ3n) is 6.02. The van der Waals surface area contributed by atoms with Gasteiger partial charge in [0, 0.05) is 57.8 Å². The summed E-state index contributed by atoms with van der Waals surface area (Å²) in [6.45, 7) is 13.1. The average Bonchev–Trinajstić information content (AvgIpc) is 2.76. The minimum Gasteiger partial charge on any atom is -0.427 e.